The number of aliphatic hydroxyl groups is 1. The molecule has 2 heterocycles. The number of carbonyl (C=O) groups excluding carboxylic acids is 2. The van der Waals surface area contributed by atoms with E-state index in [2.05, 4.69) is 4.98 Å². The van der Waals surface area contributed by atoms with E-state index in [-0.39, 0.29) is 11.8 Å². The van der Waals surface area contributed by atoms with Crippen molar-refractivity contribution in [2.24, 2.45) is 11.7 Å². The molecule has 1 saturated heterocycles. The van der Waals surface area contributed by atoms with Crippen molar-refractivity contribution in [2.75, 3.05) is 31.1 Å². The fraction of sp³-hybridized carbons (Fsp3) is 0.471. The van der Waals surface area contributed by atoms with Gasteiger partial charge in [0.2, 0.25) is 5.91 Å². The van der Waals surface area contributed by atoms with Gasteiger partial charge in [-0.3, -0.25) is 9.59 Å². The summed E-state index contributed by atoms with van der Waals surface area (Å²) in [5, 5.41) is 10.3. The molecule has 0 aromatic carbocycles. The van der Waals surface area contributed by atoms with Gasteiger partial charge in [-0.2, -0.15) is 0 Å². The summed E-state index contributed by atoms with van der Waals surface area (Å²) >= 11 is 0. The van der Waals surface area contributed by atoms with Gasteiger partial charge >= 0.3 is 0 Å². The van der Waals surface area contributed by atoms with Crippen LogP contribution in [-0.2, 0) is 4.79 Å². The number of primary amides is 1. The quantitative estimate of drug-likeness (QED) is 0.769. The molecule has 0 spiro atoms. The highest BCUT2D eigenvalue weighted by atomic mass is 16.3. The largest absolute Gasteiger partial charge is 0.389 e. The number of aliphatic hydroxyl groups excluding tert-OH is 1. The maximum atomic E-state index is 12.6. The summed E-state index contributed by atoms with van der Waals surface area (Å²) < 4.78 is 0. The molecule has 1 fully saturated rings. The molecule has 24 heavy (non-hydrogen) atoms. The van der Waals surface area contributed by atoms with Crippen LogP contribution >= 0.6 is 0 Å². The van der Waals surface area contributed by atoms with Gasteiger partial charge < -0.3 is 20.6 Å². The van der Waals surface area contributed by atoms with Crippen LogP contribution < -0.4 is 10.6 Å². The Bertz CT molecular complexity index is 653. The number of hydrogen-bond donors (Lipinski definition) is 2. The van der Waals surface area contributed by atoms with E-state index in [1.54, 1.807) is 23.2 Å². The molecule has 7 heteroatoms. The Balaban J connectivity index is 1.75. The van der Waals surface area contributed by atoms with E-state index in [9.17, 15) is 14.7 Å². The molecule has 1 atom stereocenters. The van der Waals surface area contributed by atoms with Crippen LogP contribution in [0.15, 0.2) is 30.5 Å². The Hall–Kier alpha value is -2.41. The molecule has 1 aromatic rings. The fourth-order valence-electron chi connectivity index (χ4n) is 3.30. The number of allylic oxidation sites excluding steroid dienone is 2. The molecular weight excluding hydrogens is 308 g/mol. The van der Waals surface area contributed by atoms with Gasteiger partial charge in [-0.05, 0) is 25.0 Å². The number of carbonyl (C=O) groups is 2. The van der Waals surface area contributed by atoms with Crippen LogP contribution in [0.5, 0.6) is 0 Å². The van der Waals surface area contributed by atoms with Gasteiger partial charge in [0, 0.05) is 38.3 Å². The zero-order chi connectivity index (χ0) is 17.1. The number of hydrogen-bond acceptors (Lipinski definition) is 5. The summed E-state index contributed by atoms with van der Waals surface area (Å²) in [6.07, 6.45) is 6.47. The van der Waals surface area contributed by atoms with Crippen molar-refractivity contribution in [1.29, 1.82) is 0 Å². The summed E-state index contributed by atoms with van der Waals surface area (Å²) in [6.45, 7) is 1.59. The highest BCUT2D eigenvalue weighted by Crippen LogP contribution is 2.23. The molecule has 3 N–H and O–H groups in total. The van der Waals surface area contributed by atoms with E-state index in [0.717, 1.165) is 12.8 Å². The van der Waals surface area contributed by atoms with Crippen LogP contribution in [0, 0.1) is 5.92 Å². The van der Waals surface area contributed by atoms with Crippen molar-refractivity contribution in [3.63, 3.8) is 0 Å². The maximum Gasteiger partial charge on any atom is 0.252 e. The van der Waals surface area contributed by atoms with Crippen molar-refractivity contribution in [3.05, 3.63) is 36.0 Å². The Morgan fingerprint density at radius 2 is 1.96 bits per heavy atom. The van der Waals surface area contributed by atoms with Crippen LogP contribution in [-0.4, -0.2) is 59.1 Å². The monoisotopic (exact) mass is 330 g/mol. The second kappa shape index (κ2) is 7.00. The Morgan fingerprint density at radius 1 is 1.21 bits per heavy atom. The maximum absolute atomic E-state index is 12.6. The second-order valence-electron chi connectivity index (χ2n) is 6.26. The summed E-state index contributed by atoms with van der Waals surface area (Å²) in [4.78, 5) is 32.0. The lowest BCUT2D eigenvalue weighted by molar-refractivity contribution is -0.136. The van der Waals surface area contributed by atoms with E-state index in [0.29, 0.717) is 37.6 Å². The van der Waals surface area contributed by atoms with E-state index in [4.69, 9.17) is 5.73 Å². The first-order valence-corrected chi connectivity index (χ1v) is 8.18. The molecule has 1 aliphatic carbocycles. The second-order valence-corrected chi connectivity index (χ2v) is 6.26. The van der Waals surface area contributed by atoms with E-state index in [1.807, 2.05) is 17.1 Å². The normalized spacial score (nSPS) is 21.8. The van der Waals surface area contributed by atoms with E-state index in [1.165, 1.54) is 0 Å². The first-order valence-electron chi connectivity index (χ1n) is 8.18. The van der Waals surface area contributed by atoms with Crippen molar-refractivity contribution < 1.29 is 14.7 Å². The van der Waals surface area contributed by atoms with Gasteiger partial charge in [0.25, 0.3) is 5.91 Å². The van der Waals surface area contributed by atoms with Crippen molar-refractivity contribution >= 4 is 17.6 Å². The molecule has 2 aliphatic rings. The lowest BCUT2D eigenvalue weighted by Crippen LogP contribution is -2.40. The number of pyridine rings is 1. The smallest absolute Gasteiger partial charge is 0.252 e. The number of amides is 2. The molecule has 128 valence electrons. The summed E-state index contributed by atoms with van der Waals surface area (Å²) in [5.74, 6) is -0.0282. The SMILES string of the molecule is NC(=O)c1cccnc1N1CCN(C(=O)C2CC=CC2)C[C@H](O)C1. The lowest BCUT2D eigenvalue weighted by atomic mass is 10.1. The highest BCUT2D eigenvalue weighted by molar-refractivity contribution is 5.97. The standard InChI is InChI=1S/C17H22N4O3/c18-15(23)14-6-3-7-19-16(14)20-8-9-21(11-13(22)10-20)17(24)12-4-1-2-5-12/h1-3,6-7,12-13,22H,4-5,8-11H2,(H2,18,23)/t13-/m1/s1. The fourth-order valence-corrected chi connectivity index (χ4v) is 3.30. The van der Waals surface area contributed by atoms with Crippen LogP contribution in [0.2, 0.25) is 0 Å². The number of nitrogens with two attached hydrogens (primary N) is 1. The molecule has 0 unspecified atom stereocenters. The average molecular weight is 330 g/mol. The minimum absolute atomic E-state index is 0.0141. The third-order valence-corrected chi connectivity index (χ3v) is 4.52. The van der Waals surface area contributed by atoms with Crippen LogP contribution in [0.25, 0.3) is 0 Å². The van der Waals surface area contributed by atoms with Gasteiger partial charge in [-0.15, -0.1) is 0 Å². The Labute approximate surface area is 140 Å². The summed E-state index contributed by atoms with van der Waals surface area (Å²) in [6, 6.07) is 3.27. The zero-order valence-electron chi connectivity index (χ0n) is 13.5. The molecule has 3 rings (SSSR count). The topological polar surface area (TPSA) is 99.8 Å². The van der Waals surface area contributed by atoms with Crippen molar-refractivity contribution in [3.8, 4) is 0 Å². The summed E-state index contributed by atoms with van der Waals surface area (Å²) in [5.41, 5.74) is 5.74. The number of nitrogens with zero attached hydrogens (tertiary/aromatic N) is 3. The van der Waals surface area contributed by atoms with Crippen LogP contribution in [0.1, 0.15) is 23.2 Å². The molecule has 2 amide bonds. The van der Waals surface area contributed by atoms with E-state index < -0.39 is 12.0 Å². The Morgan fingerprint density at radius 3 is 2.67 bits per heavy atom. The van der Waals surface area contributed by atoms with Crippen molar-refractivity contribution in [2.45, 2.75) is 18.9 Å². The number of anilines is 1. The Kier molecular flexibility index (Phi) is 4.80. The number of aromatic nitrogens is 1. The lowest BCUT2D eigenvalue weighted by Gasteiger charge is -2.25. The first-order chi connectivity index (χ1) is 11.6. The van der Waals surface area contributed by atoms with E-state index >= 15 is 0 Å². The van der Waals surface area contributed by atoms with Crippen LogP contribution in [0.3, 0.4) is 0 Å². The van der Waals surface area contributed by atoms with Gasteiger partial charge in [0.15, 0.2) is 0 Å². The third-order valence-electron chi connectivity index (χ3n) is 4.52. The molecule has 0 radical (unpaired) electrons. The molecular formula is C17H22N4O3. The van der Waals surface area contributed by atoms with Crippen LogP contribution in [0.4, 0.5) is 5.82 Å². The molecule has 1 aliphatic heterocycles. The van der Waals surface area contributed by atoms with Crippen molar-refractivity contribution in [1.82, 2.24) is 9.88 Å². The number of rotatable bonds is 3. The molecule has 0 saturated carbocycles. The minimum Gasteiger partial charge on any atom is -0.389 e. The minimum atomic E-state index is -0.700. The zero-order valence-corrected chi connectivity index (χ0v) is 13.5. The van der Waals surface area contributed by atoms with Gasteiger partial charge in [0.05, 0.1) is 11.7 Å². The number of β-amino-alcohol motifs (C(OH)–C–C–N with tert-alkyl or cyclic N) is 1. The predicted molar refractivity (Wildman–Crippen MR) is 89.4 cm³/mol. The van der Waals surface area contributed by atoms with Gasteiger partial charge in [-0.25, -0.2) is 4.98 Å². The predicted octanol–water partition coefficient (Wildman–Crippen LogP) is 0.156. The van der Waals surface area contributed by atoms with Gasteiger partial charge in [-0.1, -0.05) is 12.2 Å². The van der Waals surface area contributed by atoms with Gasteiger partial charge in [0.1, 0.15) is 5.82 Å². The molecule has 1 aromatic heterocycles. The average Bonchev–Trinajstić information content (AvgIpc) is 3.04. The highest BCUT2D eigenvalue weighted by Gasteiger charge is 2.30. The third kappa shape index (κ3) is 3.41. The molecule has 7 nitrogen and oxygen atoms in total. The molecule has 0 bridgehead atoms. The summed E-state index contributed by atoms with van der Waals surface area (Å²) in [7, 11) is 0. The first kappa shape index (κ1) is 16.4.